The Morgan fingerprint density at radius 3 is 2.65 bits per heavy atom. The van der Waals surface area contributed by atoms with Crippen molar-refractivity contribution in [1.29, 1.82) is 0 Å². The quantitative estimate of drug-likeness (QED) is 0.668. The van der Waals surface area contributed by atoms with Crippen LogP contribution in [0.3, 0.4) is 0 Å². The molecule has 23 heavy (non-hydrogen) atoms. The zero-order valence-corrected chi connectivity index (χ0v) is 14.6. The Kier molecular flexibility index (Phi) is 5.32. The van der Waals surface area contributed by atoms with Crippen LogP contribution in [0.5, 0.6) is 0 Å². The summed E-state index contributed by atoms with van der Waals surface area (Å²) >= 11 is 0. The van der Waals surface area contributed by atoms with E-state index in [9.17, 15) is 18.0 Å². The Hall–Kier alpha value is -1.19. The molecule has 2 atom stereocenters. The summed E-state index contributed by atoms with van der Waals surface area (Å²) in [6, 6.07) is -0.00140. The molecule has 2 aliphatic rings. The minimum atomic E-state index is -3.51. The molecule has 1 spiro atoms. The average molecular weight is 347 g/mol. The number of ether oxygens (including phenoxy) is 1. The van der Waals surface area contributed by atoms with Gasteiger partial charge < -0.3 is 15.4 Å². The van der Waals surface area contributed by atoms with Gasteiger partial charge >= 0.3 is 0 Å². The fraction of sp³-hybridized carbons (Fsp3) is 0.857. The van der Waals surface area contributed by atoms with Gasteiger partial charge in [0.2, 0.25) is 15.9 Å². The number of carbonyl (C=O) groups excluding carboxylic acids is 2. The molecule has 2 fully saturated rings. The zero-order chi connectivity index (χ0) is 17.3. The van der Waals surface area contributed by atoms with E-state index in [0.29, 0.717) is 6.54 Å². The first-order valence-electron chi connectivity index (χ1n) is 7.92. The fourth-order valence-corrected chi connectivity index (χ4v) is 3.97. The molecule has 0 radical (unpaired) electrons. The highest BCUT2D eigenvalue weighted by atomic mass is 32.2. The molecular formula is C14H25N3O5S. The van der Waals surface area contributed by atoms with Crippen molar-refractivity contribution in [2.24, 2.45) is 5.92 Å². The van der Waals surface area contributed by atoms with Crippen LogP contribution >= 0.6 is 0 Å². The van der Waals surface area contributed by atoms with Crippen LogP contribution in [0, 0.1) is 5.92 Å². The number of amides is 2. The SMILES string of the molecule is CCC(CC)NC(=O)[C@H]1CN(S(C)(=O)=O)C[C@@]12OCCNC2=O. The maximum absolute atomic E-state index is 12.7. The van der Waals surface area contributed by atoms with Crippen molar-refractivity contribution in [3.8, 4) is 0 Å². The average Bonchev–Trinajstić information content (AvgIpc) is 2.88. The Balaban J connectivity index is 2.29. The molecule has 2 N–H and O–H groups in total. The fourth-order valence-electron chi connectivity index (χ4n) is 3.12. The van der Waals surface area contributed by atoms with Crippen molar-refractivity contribution in [2.45, 2.75) is 38.3 Å². The highest BCUT2D eigenvalue weighted by molar-refractivity contribution is 7.88. The molecule has 2 amide bonds. The van der Waals surface area contributed by atoms with Crippen LogP contribution in [0.4, 0.5) is 0 Å². The van der Waals surface area contributed by atoms with Gasteiger partial charge in [-0.2, -0.15) is 4.31 Å². The molecule has 2 saturated heterocycles. The molecule has 2 aliphatic heterocycles. The molecule has 0 bridgehead atoms. The highest BCUT2D eigenvalue weighted by Gasteiger charge is 2.59. The lowest BCUT2D eigenvalue weighted by Crippen LogP contribution is -2.62. The maximum atomic E-state index is 12.7. The lowest BCUT2D eigenvalue weighted by molar-refractivity contribution is -0.163. The Bertz CT molecular complexity index is 575. The largest absolute Gasteiger partial charge is 0.361 e. The number of carbonyl (C=O) groups is 2. The summed E-state index contributed by atoms with van der Waals surface area (Å²) in [5.41, 5.74) is -1.43. The summed E-state index contributed by atoms with van der Waals surface area (Å²) < 4.78 is 30.6. The van der Waals surface area contributed by atoms with Crippen LogP contribution in [0.1, 0.15) is 26.7 Å². The van der Waals surface area contributed by atoms with Crippen molar-refractivity contribution in [1.82, 2.24) is 14.9 Å². The van der Waals surface area contributed by atoms with Crippen molar-refractivity contribution in [3.63, 3.8) is 0 Å². The van der Waals surface area contributed by atoms with Gasteiger partial charge in [-0.1, -0.05) is 13.8 Å². The van der Waals surface area contributed by atoms with E-state index in [4.69, 9.17) is 4.74 Å². The van der Waals surface area contributed by atoms with E-state index in [-0.39, 0.29) is 31.6 Å². The molecule has 0 aromatic carbocycles. The second-order valence-electron chi connectivity index (χ2n) is 6.12. The summed E-state index contributed by atoms with van der Waals surface area (Å²) in [5, 5.41) is 5.59. The van der Waals surface area contributed by atoms with Crippen molar-refractivity contribution in [2.75, 3.05) is 32.5 Å². The topological polar surface area (TPSA) is 105 Å². The molecule has 2 rings (SSSR count). The number of hydrogen-bond acceptors (Lipinski definition) is 5. The molecule has 132 valence electrons. The number of hydrogen-bond donors (Lipinski definition) is 2. The van der Waals surface area contributed by atoms with Gasteiger partial charge in [0.05, 0.1) is 25.3 Å². The van der Waals surface area contributed by atoms with Gasteiger partial charge in [-0.25, -0.2) is 8.42 Å². The van der Waals surface area contributed by atoms with Crippen LogP contribution < -0.4 is 10.6 Å². The summed E-state index contributed by atoms with van der Waals surface area (Å²) in [7, 11) is -3.51. The normalized spacial score (nSPS) is 29.0. The third kappa shape index (κ3) is 3.51. The molecule has 9 heteroatoms. The molecule has 0 saturated carbocycles. The van der Waals surface area contributed by atoms with Gasteiger partial charge in [-0.15, -0.1) is 0 Å². The van der Waals surface area contributed by atoms with Crippen LogP contribution in [0.2, 0.25) is 0 Å². The maximum Gasteiger partial charge on any atom is 0.254 e. The Morgan fingerprint density at radius 1 is 1.48 bits per heavy atom. The molecular weight excluding hydrogens is 322 g/mol. The van der Waals surface area contributed by atoms with Crippen LogP contribution in [-0.2, 0) is 24.3 Å². The minimum absolute atomic E-state index is 0.00140. The van der Waals surface area contributed by atoms with E-state index in [1.165, 1.54) is 0 Å². The number of nitrogens with zero attached hydrogens (tertiary/aromatic N) is 1. The monoisotopic (exact) mass is 347 g/mol. The van der Waals surface area contributed by atoms with Crippen LogP contribution in [0.15, 0.2) is 0 Å². The number of sulfonamides is 1. The van der Waals surface area contributed by atoms with Crippen molar-refractivity contribution < 1.29 is 22.7 Å². The van der Waals surface area contributed by atoms with Gasteiger partial charge in [0, 0.05) is 19.1 Å². The molecule has 0 unspecified atom stereocenters. The summed E-state index contributed by atoms with van der Waals surface area (Å²) in [5.74, 6) is -1.60. The van der Waals surface area contributed by atoms with Crippen molar-refractivity contribution >= 4 is 21.8 Å². The second-order valence-corrected chi connectivity index (χ2v) is 8.11. The third-order valence-electron chi connectivity index (χ3n) is 4.61. The summed E-state index contributed by atoms with van der Waals surface area (Å²) in [4.78, 5) is 25.1. The molecule has 8 nitrogen and oxygen atoms in total. The summed E-state index contributed by atoms with van der Waals surface area (Å²) in [6.07, 6.45) is 2.61. The first-order chi connectivity index (χ1) is 10.7. The first-order valence-corrected chi connectivity index (χ1v) is 9.77. The van der Waals surface area contributed by atoms with E-state index < -0.39 is 27.4 Å². The Labute approximate surface area is 137 Å². The predicted octanol–water partition coefficient (Wildman–Crippen LogP) is -0.932. The lowest BCUT2D eigenvalue weighted by atomic mass is 9.87. The molecule has 0 aliphatic carbocycles. The smallest absolute Gasteiger partial charge is 0.254 e. The van der Waals surface area contributed by atoms with Crippen molar-refractivity contribution in [3.05, 3.63) is 0 Å². The van der Waals surface area contributed by atoms with Gasteiger partial charge in [-0.3, -0.25) is 9.59 Å². The lowest BCUT2D eigenvalue weighted by Gasteiger charge is -2.36. The second kappa shape index (κ2) is 6.74. The third-order valence-corrected chi connectivity index (χ3v) is 5.83. The molecule has 0 aromatic heterocycles. The van der Waals surface area contributed by atoms with E-state index >= 15 is 0 Å². The van der Waals surface area contributed by atoms with Gasteiger partial charge in [-0.05, 0) is 12.8 Å². The van der Waals surface area contributed by atoms with Gasteiger partial charge in [0.15, 0.2) is 5.60 Å². The van der Waals surface area contributed by atoms with Crippen LogP contribution in [-0.4, -0.2) is 68.7 Å². The highest BCUT2D eigenvalue weighted by Crippen LogP contribution is 2.35. The van der Waals surface area contributed by atoms with E-state index in [1.54, 1.807) is 0 Å². The Morgan fingerprint density at radius 2 is 2.13 bits per heavy atom. The number of nitrogens with one attached hydrogen (secondary N) is 2. The summed E-state index contributed by atoms with van der Waals surface area (Å²) in [6.45, 7) is 4.38. The molecule has 2 heterocycles. The predicted molar refractivity (Wildman–Crippen MR) is 84.1 cm³/mol. The number of rotatable bonds is 5. The van der Waals surface area contributed by atoms with Crippen LogP contribution in [0.25, 0.3) is 0 Å². The van der Waals surface area contributed by atoms with Gasteiger partial charge in [0.1, 0.15) is 0 Å². The first kappa shape index (κ1) is 18.2. The van der Waals surface area contributed by atoms with E-state index in [1.807, 2.05) is 13.8 Å². The standard InChI is InChI=1S/C14H25N3O5S/c1-4-10(5-2)16-12(18)11-8-17(23(3,20)21)9-14(11)13(19)15-6-7-22-14/h10-11H,4-9H2,1-3H3,(H,15,19)(H,16,18)/t11-,14-/m1/s1. The van der Waals surface area contributed by atoms with E-state index in [0.717, 1.165) is 23.4 Å². The molecule has 0 aromatic rings. The van der Waals surface area contributed by atoms with E-state index in [2.05, 4.69) is 10.6 Å². The zero-order valence-electron chi connectivity index (χ0n) is 13.8. The minimum Gasteiger partial charge on any atom is -0.361 e. The number of morpholine rings is 1. The van der Waals surface area contributed by atoms with Gasteiger partial charge in [0.25, 0.3) is 5.91 Å².